The van der Waals surface area contributed by atoms with Crippen molar-refractivity contribution in [2.24, 2.45) is 0 Å². The lowest BCUT2D eigenvalue weighted by Crippen LogP contribution is -2.22. The van der Waals surface area contributed by atoms with Crippen molar-refractivity contribution in [1.82, 2.24) is 4.57 Å². The van der Waals surface area contributed by atoms with Crippen molar-refractivity contribution >= 4 is 23.2 Å². The highest BCUT2D eigenvalue weighted by molar-refractivity contribution is 5.98. The lowest BCUT2D eigenvalue weighted by molar-refractivity contribution is -0.149. The van der Waals surface area contributed by atoms with Gasteiger partial charge >= 0.3 is 5.97 Å². The molecule has 0 aliphatic rings. The van der Waals surface area contributed by atoms with Crippen molar-refractivity contribution in [3.05, 3.63) is 35.8 Å². The number of carbonyl (C=O) groups excluding carboxylic acids is 2. The predicted molar refractivity (Wildman–Crippen MR) is 84.1 cm³/mol. The van der Waals surface area contributed by atoms with Crippen molar-refractivity contribution in [1.29, 1.82) is 0 Å². The van der Waals surface area contributed by atoms with Crippen LogP contribution in [0.1, 0.15) is 36.7 Å². The lowest BCUT2D eigenvalue weighted by atomic mass is 10.2. The highest BCUT2D eigenvalue weighted by Gasteiger charge is 2.23. The monoisotopic (exact) mass is 321 g/mol. The molecule has 23 heavy (non-hydrogen) atoms. The van der Waals surface area contributed by atoms with Crippen LogP contribution in [0.15, 0.2) is 24.4 Å². The summed E-state index contributed by atoms with van der Waals surface area (Å²) in [6.45, 7) is 4.80. The molecule has 2 rings (SSSR count). The van der Waals surface area contributed by atoms with Gasteiger partial charge in [-0.1, -0.05) is 6.92 Å². The third-order valence-corrected chi connectivity index (χ3v) is 3.62. The van der Waals surface area contributed by atoms with Crippen molar-refractivity contribution in [3.8, 4) is 0 Å². The zero-order valence-corrected chi connectivity index (χ0v) is 13.3. The summed E-state index contributed by atoms with van der Waals surface area (Å²) in [5, 5.41) is 0.487. The Morgan fingerprint density at radius 2 is 2.13 bits per heavy atom. The van der Waals surface area contributed by atoms with Gasteiger partial charge in [0.25, 0.3) is 0 Å². The normalized spacial score (nSPS) is 12.3. The molecular weight excluding hydrogens is 301 g/mol. The molecule has 0 spiro atoms. The van der Waals surface area contributed by atoms with E-state index in [0.29, 0.717) is 42.4 Å². The maximum atomic E-state index is 13.4. The molecular formula is C17H20FNO4. The van der Waals surface area contributed by atoms with Crippen molar-refractivity contribution in [3.63, 3.8) is 0 Å². The highest BCUT2D eigenvalue weighted by atomic mass is 19.1. The van der Waals surface area contributed by atoms with Gasteiger partial charge in [0.05, 0.1) is 6.61 Å². The summed E-state index contributed by atoms with van der Waals surface area (Å²) in [6, 6.07) is 3.59. The quantitative estimate of drug-likeness (QED) is 0.426. The number of fused-ring (bicyclic) bond motifs is 1. The third kappa shape index (κ3) is 3.76. The molecule has 0 N–H and O–H groups in total. The first-order valence-corrected chi connectivity index (χ1v) is 7.62. The van der Waals surface area contributed by atoms with Gasteiger partial charge < -0.3 is 14.0 Å². The van der Waals surface area contributed by atoms with E-state index in [4.69, 9.17) is 9.47 Å². The number of hydrogen-bond donors (Lipinski definition) is 0. The second kappa shape index (κ2) is 7.87. The van der Waals surface area contributed by atoms with Gasteiger partial charge in [-0.25, -0.2) is 9.18 Å². The van der Waals surface area contributed by atoms with Crippen LogP contribution >= 0.6 is 0 Å². The fourth-order valence-corrected chi connectivity index (χ4v) is 2.52. The van der Waals surface area contributed by atoms with Crippen LogP contribution in [0.3, 0.4) is 0 Å². The number of benzene rings is 1. The van der Waals surface area contributed by atoms with E-state index in [2.05, 4.69) is 0 Å². The number of esters is 1. The van der Waals surface area contributed by atoms with Gasteiger partial charge in [0.2, 0.25) is 0 Å². The summed E-state index contributed by atoms with van der Waals surface area (Å²) in [6.07, 6.45) is 2.72. The van der Waals surface area contributed by atoms with E-state index in [1.165, 1.54) is 12.1 Å². The second-order valence-electron chi connectivity index (χ2n) is 5.06. The first kappa shape index (κ1) is 17.1. The van der Waals surface area contributed by atoms with Gasteiger partial charge in [0.1, 0.15) is 18.5 Å². The molecule has 1 aromatic heterocycles. The van der Waals surface area contributed by atoms with Crippen molar-refractivity contribution in [2.45, 2.75) is 26.3 Å². The predicted octanol–water partition coefficient (Wildman–Crippen LogP) is 3.12. The molecule has 1 aromatic carbocycles. The molecule has 0 saturated carbocycles. The van der Waals surface area contributed by atoms with Crippen LogP contribution in [0.5, 0.6) is 0 Å². The Labute approximate surface area is 134 Å². The Morgan fingerprint density at radius 1 is 1.35 bits per heavy atom. The van der Waals surface area contributed by atoms with Crippen LogP contribution in [-0.2, 0) is 14.3 Å². The van der Waals surface area contributed by atoms with Crippen LogP contribution in [0.25, 0.3) is 10.9 Å². The SMILES string of the molecule is CCOCCOC(=O)C(CC)n1cc(C=O)c2cc(F)ccc21. The summed E-state index contributed by atoms with van der Waals surface area (Å²) in [5.74, 6) is -0.823. The molecule has 0 amide bonds. The maximum absolute atomic E-state index is 13.4. The number of ether oxygens (including phenoxy) is 2. The maximum Gasteiger partial charge on any atom is 0.329 e. The molecule has 0 bridgehead atoms. The topological polar surface area (TPSA) is 57.5 Å². The van der Waals surface area contributed by atoms with E-state index in [9.17, 15) is 14.0 Å². The summed E-state index contributed by atoms with van der Waals surface area (Å²) < 4.78 is 25.4. The number of carbonyl (C=O) groups is 2. The van der Waals surface area contributed by atoms with Gasteiger partial charge in [0, 0.05) is 29.3 Å². The molecule has 124 valence electrons. The molecule has 5 nitrogen and oxygen atoms in total. The lowest BCUT2D eigenvalue weighted by Gasteiger charge is -2.17. The van der Waals surface area contributed by atoms with Crippen LogP contribution < -0.4 is 0 Å². The fourth-order valence-electron chi connectivity index (χ4n) is 2.52. The van der Waals surface area contributed by atoms with E-state index in [-0.39, 0.29) is 6.61 Å². The number of hydrogen-bond acceptors (Lipinski definition) is 4. The van der Waals surface area contributed by atoms with Gasteiger partial charge in [0.15, 0.2) is 6.29 Å². The molecule has 1 atom stereocenters. The van der Waals surface area contributed by atoms with E-state index in [1.54, 1.807) is 16.8 Å². The van der Waals surface area contributed by atoms with Crippen LogP contribution in [0, 0.1) is 5.82 Å². The standard InChI is InChI=1S/C17H20FNO4/c1-3-15(17(21)23-8-7-22-4-2)19-10-12(11-20)14-9-13(18)5-6-16(14)19/h5-6,9-11,15H,3-4,7-8H2,1-2H3. The van der Waals surface area contributed by atoms with Gasteiger partial charge in [-0.3, -0.25) is 4.79 Å². The summed E-state index contributed by atoms with van der Waals surface area (Å²) in [4.78, 5) is 23.5. The first-order chi connectivity index (χ1) is 11.1. The molecule has 2 aromatic rings. The van der Waals surface area contributed by atoms with Crippen molar-refractivity contribution in [2.75, 3.05) is 19.8 Å². The van der Waals surface area contributed by atoms with E-state index in [1.807, 2.05) is 13.8 Å². The number of aldehydes is 1. The number of aromatic nitrogens is 1. The van der Waals surface area contributed by atoms with Crippen molar-refractivity contribution < 1.29 is 23.5 Å². The zero-order chi connectivity index (χ0) is 16.8. The third-order valence-electron chi connectivity index (χ3n) is 3.62. The minimum Gasteiger partial charge on any atom is -0.462 e. The Kier molecular flexibility index (Phi) is 5.87. The minimum absolute atomic E-state index is 0.178. The second-order valence-corrected chi connectivity index (χ2v) is 5.06. The average Bonchev–Trinajstić information content (AvgIpc) is 2.90. The molecule has 0 aliphatic carbocycles. The highest BCUT2D eigenvalue weighted by Crippen LogP contribution is 2.27. The number of nitrogens with zero attached hydrogens (tertiary/aromatic N) is 1. The van der Waals surface area contributed by atoms with Gasteiger partial charge in [-0.05, 0) is 31.5 Å². The molecule has 1 heterocycles. The summed E-state index contributed by atoms with van der Waals surface area (Å²) in [7, 11) is 0. The van der Waals surface area contributed by atoms with Gasteiger partial charge in [-0.2, -0.15) is 0 Å². The molecule has 1 unspecified atom stereocenters. The molecule has 0 aliphatic heterocycles. The van der Waals surface area contributed by atoms with E-state index in [0.717, 1.165) is 0 Å². The van der Waals surface area contributed by atoms with Crippen LogP contribution in [0.2, 0.25) is 0 Å². The average molecular weight is 321 g/mol. The van der Waals surface area contributed by atoms with E-state index >= 15 is 0 Å². The fraction of sp³-hybridized carbons (Fsp3) is 0.412. The molecule has 0 radical (unpaired) electrons. The molecule has 0 fully saturated rings. The summed E-state index contributed by atoms with van der Waals surface area (Å²) in [5.41, 5.74) is 0.974. The Morgan fingerprint density at radius 3 is 2.78 bits per heavy atom. The Hall–Kier alpha value is -2.21. The Bertz CT molecular complexity index is 695. The number of halogens is 1. The zero-order valence-electron chi connectivity index (χ0n) is 13.3. The largest absolute Gasteiger partial charge is 0.462 e. The van der Waals surface area contributed by atoms with Crippen LogP contribution in [-0.4, -0.2) is 36.6 Å². The van der Waals surface area contributed by atoms with Crippen LogP contribution in [0.4, 0.5) is 4.39 Å². The molecule has 0 saturated heterocycles. The Balaban J connectivity index is 2.29. The minimum atomic E-state index is -0.571. The first-order valence-electron chi connectivity index (χ1n) is 7.62. The van der Waals surface area contributed by atoms with Gasteiger partial charge in [-0.15, -0.1) is 0 Å². The number of rotatable bonds is 8. The smallest absolute Gasteiger partial charge is 0.329 e. The molecule has 6 heteroatoms. The summed E-state index contributed by atoms with van der Waals surface area (Å²) >= 11 is 0. The van der Waals surface area contributed by atoms with E-state index < -0.39 is 17.8 Å².